The van der Waals surface area contributed by atoms with E-state index in [0.29, 0.717) is 13.0 Å². The third kappa shape index (κ3) is 4.77. The van der Waals surface area contributed by atoms with Crippen molar-refractivity contribution < 1.29 is 14.7 Å². The van der Waals surface area contributed by atoms with Crippen molar-refractivity contribution in [3.63, 3.8) is 0 Å². The lowest BCUT2D eigenvalue weighted by Crippen LogP contribution is -2.33. The van der Waals surface area contributed by atoms with E-state index in [1.54, 1.807) is 0 Å². The highest BCUT2D eigenvalue weighted by molar-refractivity contribution is 5.87. The molecule has 3 N–H and O–H groups in total. The van der Waals surface area contributed by atoms with Gasteiger partial charge in [-0.1, -0.05) is 24.6 Å². The van der Waals surface area contributed by atoms with Crippen LogP contribution in [0.25, 0.3) is 0 Å². The summed E-state index contributed by atoms with van der Waals surface area (Å²) in [5.41, 5.74) is 2.36. The number of amides is 1. The maximum Gasteiger partial charge on any atom is 0.404 e. The summed E-state index contributed by atoms with van der Waals surface area (Å²) >= 11 is 0. The summed E-state index contributed by atoms with van der Waals surface area (Å²) in [6.07, 6.45) is 3.84. The average Bonchev–Trinajstić information content (AvgIpc) is 2.49. The Labute approximate surface area is 124 Å². The molecular weight excluding hydrogens is 268 g/mol. The molecule has 0 aromatic heterocycles. The minimum atomic E-state index is -0.990. The number of hydrogen-bond acceptors (Lipinski definition) is 3. The Morgan fingerprint density at radius 3 is 2.86 bits per heavy atom. The van der Waals surface area contributed by atoms with Crippen LogP contribution in [0.15, 0.2) is 24.3 Å². The topological polar surface area (TPSA) is 78.4 Å². The maximum absolute atomic E-state index is 12.2. The molecule has 5 nitrogen and oxygen atoms in total. The molecule has 0 fully saturated rings. The number of para-hydroxylation sites is 1. The second-order valence-electron chi connectivity index (χ2n) is 5.40. The van der Waals surface area contributed by atoms with Crippen LogP contribution >= 0.6 is 0 Å². The number of anilines is 1. The summed E-state index contributed by atoms with van der Waals surface area (Å²) < 4.78 is 0. The molecule has 0 radical (unpaired) electrons. The van der Waals surface area contributed by atoms with Gasteiger partial charge in [0.25, 0.3) is 0 Å². The monoisotopic (exact) mass is 290 g/mol. The summed E-state index contributed by atoms with van der Waals surface area (Å²) in [6, 6.07) is 8.05. The smallest absolute Gasteiger partial charge is 0.404 e. The number of aryl methyl sites for hydroxylation is 1. The van der Waals surface area contributed by atoms with Gasteiger partial charge in [0.1, 0.15) is 0 Å². The van der Waals surface area contributed by atoms with E-state index in [1.807, 2.05) is 18.2 Å². The summed E-state index contributed by atoms with van der Waals surface area (Å²) in [5, 5.41) is 14.1. The molecule has 0 spiro atoms. The van der Waals surface area contributed by atoms with Crippen molar-refractivity contribution in [2.75, 3.05) is 11.9 Å². The lowest BCUT2D eigenvalue weighted by atomic mass is 9.94. The fraction of sp³-hybridized carbons (Fsp3) is 0.500. The Morgan fingerprint density at radius 1 is 1.24 bits per heavy atom. The van der Waals surface area contributed by atoms with Gasteiger partial charge in [-0.2, -0.15) is 0 Å². The lowest BCUT2D eigenvalue weighted by molar-refractivity contribution is -0.120. The van der Waals surface area contributed by atoms with E-state index in [0.717, 1.165) is 37.8 Å². The van der Waals surface area contributed by atoms with Gasteiger partial charge in [0.15, 0.2) is 5.78 Å². The number of carbonyl (C=O) groups is 2. The molecule has 1 heterocycles. The molecule has 5 heteroatoms. The number of hydrogen-bond donors (Lipinski definition) is 3. The number of unbranched alkanes of at least 4 members (excludes halogenated alkanes) is 2. The molecule has 0 saturated heterocycles. The van der Waals surface area contributed by atoms with Crippen molar-refractivity contribution in [2.45, 2.75) is 44.6 Å². The molecule has 114 valence electrons. The van der Waals surface area contributed by atoms with Crippen molar-refractivity contribution in [1.29, 1.82) is 0 Å². The molecule has 1 aromatic rings. The van der Waals surface area contributed by atoms with Crippen LogP contribution in [0.4, 0.5) is 10.5 Å². The van der Waals surface area contributed by atoms with Crippen LogP contribution < -0.4 is 10.6 Å². The SMILES string of the molecule is O=C(O)NCCCCCC(=O)C1CCc2ccccc2N1. The zero-order valence-electron chi connectivity index (χ0n) is 12.1. The van der Waals surface area contributed by atoms with Gasteiger partial charge in [0.05, 0.1) is 6.04 Å². The Bertz CT molecular complexity index is 502. The third-order valence-corrected chi connectivity index (χ3v) is 3.81. The minimum absolute atomic E-state index is 0.0722. The van der Waals surface area contributed by atoms with Crippen LogP contribution in [0, 0.1) is 0 Å². The highest BCUT2D eigenvalue weighted by Gasteiger charge is 2.22. The molecular formula is C16H22N2O3. The molecule has 1 aliphatic rings. The Kier molecular flexibility index (Phi) is 5.60. The average molecular weight is 290 g/mol. The van der Waals surface area contributed by atoms with Gasteiger partial charge in [-0.05, 0) is 37.3 Å². The summed E-state index contributed by atoms with van der Waals surface area (Å²) in [4.78, 5) is 22.5. The molecule has 1 atom stereocenters. The summed E-state index contributed by atoms with van der Waals surface area (Å²) in [6.45, 7) is 0.457. The van der Waals surface area contributed by atoms with E-state index in [1.165, 1.54) is 5.56 Å². The van der Waals surface area contributed by atoms with Crippen LogP contribution in [0.2, 0.25) is 0 Å². The van der Waals surface area contributed by atoms with E-state index in [-0.39, 0.29) is 11.8 Å². The van der Waals surface area contributed by atoms with Crippen molar-refractivity contribution in [3.8, 4) is 0 Å². The predicted molar refractivity (Wildman–Crippen MR) is 81.7 cm³/mol. The van der Waals surface area contributed by atoms with Gasteiger partial charge < -0.3 is 15.7 Å². The standard InChI is InChI=1S/C16H22N2O3/c19-15(8-2-1-5-11-17-16(20)21)14-10-9-12-6-3-4-7-13(12)18-14/h3-4,6-7,14,17-18H,1-2,5,8-11H2,(H,20,21). The van der Waals surface area contributed by atoms with E-state index >= 15 is 0 Å². The first kappa shape index (κ1) is 15.4. The Hall–Kier alpha value is -2.04. The molecule has 0 saturated carbocycles. The van der Waals surface area contributed by atoms with Crippen LogP contribution in [0.1, 0.15) is 37.7 Å². The molecule has 1 unspecified atom stereocenters. The van der Waals surface area contributed by atoms with E-state index in [4.69, 9.17) is 5.11 Å². The van der Waals surface area contributed by atoms with Gasteiger partial charge in [-0.3, -0.25) is 4.79 Å². The number of Topliss-reactive ketones (excluding diaryl/α,β-unsaturated/α-hetero) is 1. The molecule has 0 aliphatic carbocycles. The van der Waals surface area contributed by atoms with Crippen molar-refractivity contribution in [1.82, 2.24) is 5.32 Å². The molecule has 0 bridgehead atoms. The number of carboxylic acid groups (broad SMARTS) is 1. The van der Waals surface area contributed by atoms with Crippen molar-refractivity contribution in [2.24, 2.45) is 0 Å². The number of rotatable bonds is 7. The van der Waals surface area contributed by atoms with Gasteiger partial charge in [-0.25, -0.2) is 4.79 Å². The number of ketones is 1. The van der Waals surface area contributed by atoms with Gasteiger partial charge in [-0.15, -0.1) is 0 Å². The number of benzene rings is 1. The fourth-order valence-corrected chi connectivity index (χ4v) is 2.65. The molecule has 2 rings (SSSR count). The lowest BCUT2D eigenvalue weighted by Gasteiger charge is -2.26. The third-order valence-electron chi connectivity index (χ3n) is 3.81. The van der Waals surface area contributed by atoms with E-state index in [9.17, 15) is 9.59 Å². The highest BCUT2D eigenvalue weighted by Crippen LogP contribution is 2.25. The van der Waals surface area contributed by atoms with Crippen molar-refractivity contribution in [3.05, 3.63) is 29.8 Å². The largest absolute Gasteiger partial charge is 0.465 e. The zero-order valence-corrected chi connectivity index (χ0v) is 12.1. The highest BCUT2D eigenvalue weighted by atomic mass is 16.4. The molecule has 1 amide bonds. The van der Waals surface area contributed by atoms with Crippen LogP contribution in [-0.4, -0.2) is 29.6 Å². The maximum atomic E-state index is 12.2. The number of carbonyl (C=O) groups excluding carboxylic acids is 1. The second kappa shape index (κ2) is 7.67. The fourth-order valence-electron chi connectivity index (χ4n) is 2.65. The van der Waals surface area contributed by atoms with E-state index < -0.39 is 6.09 Å². The normalized spacial score (nSPS) is 16.7. The van der Waals surface area contributed by atoms with Gasteiger partial charge in [0, 0.05) is 18.7 Å². The number of fused-ring (bicyclic) bond motifs is 1. The van der Waals surface area contributed by atoms with Crippen LogP contribution in [0.5, 0.6) is 0 Å². The molecule has 21 heavy (non-hydrogen) atoms. The first-order valence-electron chi connectivity index (χ1n) is 7.51. The quantitative estimate of drug-likeness (QED) is 0.675. The first-order chi connectivity index (χ1) is 10.2. The predicted octanol–water partition coefficient (Wildman–Crippen LogP) is 2.81. The number of nitrogens with one attached hydrogen (secondary N) is 2. The Balaban J connectivity index is 1.67. The van der Waals surface area contributed by atoms with E-state index in [2.05, 4.69) is 16.7 Å². The Morgan fingerprint density at radius 2 is 2.05 bits per heavy atom. The van der Waals surface area contributed by atoms with Crippen molar-refractivity contribution >= 4 is 17.6 Å². The molecule has 1 aliphatic heterocycles. The minimum Gasteiger partial charge on any atom is -0.465 e. The summed E-state index contributed by atoms with van der Waals surface area (Å²) in [7, 11) is 0. The van der Waals surface area contributed by atoms with Crippen LogP contribution in [0.3, 0.4) is 0 Å². The second-order valence-corrected chi connectivity index (χ2v) is 5.40. The zero-order chi connectivity index (χ0) is 15.1. The molecule has 1 aromatic carbocycles. The van der Waals surface area contributed by atoms with Crippen LogP contribution in [-0.2, 0) is 11.2 Å². The first-order valence-corrected chi connectivity index (χ1v) is 7.51. The summed E-state index contributed by atoms with van der Waals surface area (Å²) in [5.74, 6) is 0.260. The van der Waals surface area contributed by atoms with Gasteiger partial charge >= 0.3 is 6.09 Å². The van der Waals surface area contributed by atoms with Gasteiger partial charge in [0.2, 0.25) is 0 Å².